The Morgan fingerprint density at radius 1 is 0.907 bits per heavy atom. The highest BCUT2D eigenvalue weighted by atomic mass is 35.5. The number of pyridine rings is 1. The number of benzene rings is 3. The Bertz CT molecular complexity index is 2360. The molecule has 0 unspecified atom stereocenters. The van der Waals surface area contributed by atoms with Crippen molar-refractivity contribution in [3.63, 3.8) is 0 Å². The molecule has 3 amide bonds. The highest BCUT2D eigenvalue weighted by Crippen LogP contribution is 2.48. The molecule has 3 heterocycles. The van der Waals surface area contributed by atoms with Crippen LogP contribution in [0.4, 0.5) is 16.0 Å². The van der Waals surface area contributed by atoms with Crippen LogP contribution in [-0.4, -0.2) is 42.9 Å². The number of nitriles is 1. The Morgan fingerprint density at radius 2 is 1.56 bits per heavy atom. The fourth-order valence-corrected chi connectivity index (χ4v) is 7.58. The highest BCUT2D eigenvalue weighted by molar-refractivity contribution is 6.35. The molecule has 3 aromatic carbocycles. The van der Waals surface area contributed by atoms with E-state index in [9.17, 15) is 29.1 Å². The predicted molar refractivity (Wildman–Crippen MR) is 198 cm³/mol. The number of hydrogen-bond acceptors (Lipinski definition) is 7. The van der Waals surface area contributed by atoms with Crippen LogP contribution in [0.15, 0.2) is 85.2 Å². The minimum absolute atomic E-state index is 0.0349. The Labute approximate surface area is 319 Å². The first-order valence-corrected chi connectivity index (χ1v) is 18.0. The van der Waals surface area contributed by atoms with E-state index in [4.69, 9.17) is 28.2 Å². The number of aliphatic hydroxyl groups excluding tert-OH is 1. The van der Waals surface area contributed by atoms with Gasteiger partial charge in [0.2, 0.25) is 11.9 Å². The van der Waals surface area contributed by atoms with E-state index in [1.165, 1.54) is 27.8 Å². The number of anilines is 2. The zero-order valence-corrected chi connectivity index (χ0v) is 30.4. The molecule has 0 radical (unpaired) electrons. The molecule has 2 aromatic heterocycles. The van der Waals surface area contributed by atoms with Crippen LogP contribution >= 0.6 is 23.2 Å². The predicted octanol–water partition coefficient (Wildman–Crippen LogP) is 6.46. The fraction of sp³-hybridized carbons (Fsp3) is 0.250. The van der Waals surface area contributed by atoms with Gasteiger partial charge in [0, 0.05) is 18.2 Å². The summed E-state index contributed by atoms with van der Waals surface area (Å²) in [7, 11) is 0. The quantitative estimate of drug-likeness (QED) is 0.138. The average Bonchev–Trinajstić information content (AvgIpc) is 4.09. The second-order valence-electron chi connectivity index (χ2n) is 14.3. The normalized spacial score (nSPS) is 18.8. The van der Waals surface area contributed by atoms with Gasteiger partial charge in [0.1, 0.15) is 16.8 Å². The van der Waals surface area contributed by atoms with E-state index in [-0.39, 0.29) is 46.3 Å². The lowest BCUT2D eigenvalue weighted by Crippen LogP contribution is -2.52. The maximum atomic E-state index is 14.4. The van der Waals surface area contributed by atoms with E-state index in [0.717, 1.165) is 22.4 Å². The molecule has 2 aliphatic carbocycles. The Hall–Kier alpha value is -5.61. The molecule has 272 valence electrons. The van der Waals surface area contributed by atoms with Crippen molar-refractivity contribution < 1.29 is 23.9 Å². The number of nitrogens with zero attached hydrogens (tertiary/aromatic N) is 5. The zero-order chi connectivity index (χ0) is 38.0. The Kier molecular flexibility index (Phi) is 8.56. The third-order valence-electron chi connectivity index (χ3n) is 10.6. The van der Waals surface area contributed by atoms with Gasteiger partial charge in [0.15, 0.2) is 5.82 Å². The summed E-state index contributed by atoms with van der Waals surface area (Å²) >= 11 is 12.3. The smallest absolute Gasteiger partial charge is 0.270 e. The van der Waals surface area contributed by atoms with Gasteiger partial charge in [0.05, 0.1) is 51.4 Å². The number of rotatable bonds is 10. The van der Waals surface area contributed by atoms with Crippen molar-refractivity contribution in [2.24, 2.45) is 0 Å². The number of hydrogen-bond donors (Lipinski definition) is 3. The largest absolute Gasteiger partial charge is 0.392 e. The molecule has 1 aliphatic heterocycles. The summed E-state index contributed by atoms with van der Waals surface area (Å²) in [4.78, 5) is 52.9. The molecule has 8 rings (SSSR count). The van der Waals surface area contributed by atoms with Gasteiger partial charge in [-0.15, -0.1) is 0 Å². The summed E-state index contributed by atoms with van der Waals surface area (Å²) in [5.41, 5.74) is 1.50. The van der Waals surface area contributed by atoms with Gasteiger partial charge >= 0.3 is 0 Å². The third kappa shape index (κ3) is 5.98. The van der Waals surface area contributed by atoms with Crippen LogP contribution in [0, 0.1) is 17.1 Å². The third-order valence-corrected chi connectivity index (χ3v) is 11.1. The van der Waals surface area contributed by atoms with Crippen molar-refractivity contribution >= 4 is 52.6 Å². The average molecular weight is 765 g/mol. The lowest BCUT2D eigenvalue weighted by Gasteiger charge is -2.27. The summed E-state index contributed by atoms with van der Waals surface area (Å²) in [6, 6.07) is 22.8. The monoisotopic (exact) mass is 763 g/mol. The summed E-state index contributed by atoms with van der Waals surface area (Å²) in [6.45, 7) is 1.63. The van der Waals surface area contributed by atoms with Gasteiger partial charge in [-0.05, 0) is 79.6 Å². The maximum Gasteiger partial charge on any atom is 0.270 e. The Morgan fingerprint density at radius 3 is 2.13 bits per heavy atom. The molecular formula is C40H32Cl2FN7O4. The molecule has 1 atom stereocenters. The SMILES string of the molecule is C[C@@]1(Cc2ccc(C#N)cc2)C(=O)N(c2cc(Cl)c(F)c(Cl)c2)c2ncc(C(=O)NC3(C(=O)NC4(c5ccc(-c6ccc(CO)cc6)cn5)CC4)CC3)n21. The van der Waals surface area contributed by atoms with E-state index in [0.29, 0.717) is 36.8 Å². The van der Waals surface area contributed by atoms with Crippen LogP contribution in [0.5, 0.6) is 0 Å². The minimum Gasteiger partial charge on any atom is -0.392 e. The molecule has 54 heavy (non-hydrogen) atoms. The first-order chi connectivity index (χ1) is 25.9. The Balaban J connectivity index is 1.06. The first-order valence-electron chi connectivity index (χ1n) is 17.3. The maximum absolute atomic E-state index is 14.4. The number of aliphatic hydroxyl groups is 1. The molecule has 5 aromatic rings. The molecule has 2 saturated carbocycles. The van der Waals surface area contributed by atoms with Crippen LogP contribution in [0.2, 0.25) is 10.0 Å². The van der Waals surface area contributed by atoms with E-state index in [1.54, 1.807) is 37.4 Å². The molecule has 14 heteroatoms. The molecule has 3 aliphatic rings. The lowest BCUT2D eigenvalue weighted by molar-refractivity contribution is -0.125. The molecule has 0 bridgehead atoms. The summed E-state index contributed by atoms with van der Waals surface area (Å²) < 4.78 is 16.0. The van der Waals surface area contributed by atoms with Gasteiger partial charge in [0.25, 0.3) is 11.8 Å². The number of nitrogens with one attached hydrogen (secondary N) is 2. The minimum atomic E-state index is -1.42. The van der Waals surface area contributed by atoms with Gasteiger partial charge in [-0.3, -0.25) is 23.9 Å². The van der Waals surface area contributed by atoms with Gasteiger partial charge in [-0.1, -0.05) is 65.7 Å². The number of amides is 3. The summed E-state index contributed by atoms with van der Waals surface area (Å²) in [5, 5.41) is 24.2. The number of carbonyl (C=O) groups is 3. The van der Waals surface area contributed by atoms with E-state index >= 15 is 0 Å². The topological polar surface area (TPSA) is 153 Å². The standard InChI is InChI=1S/C40H32Cl2FN7O4/c1-38(18-23-2-4-24(19-44)5-3-23)36(54)49(28-16-29(41)33(43)30(42)17-28)37-46-21-31(50(37)38)34(52)47-40(14-15-40)35(53)48-39(12-13-39)32-11-10-27(20-45-32)26-8-6-25(22-51)7-9-26/h2-11,16-17,20-21,51H,12-15,18,22H2,1H3,(H,47,52)(H,48,53)/t38-/m1/s1. The van der Waals surface area contributed by atoms with Gasteiger partial charge in [-0.25, -0.2) is 14.3 Å². The van der Waals surface area contributed by atoms with E-state index in [1.807, 2.05) is 36.4 Å². The molecule has 0 saturated heterocycles. The van der Waals surface area contributed by atoms with Crippen molar-refractivity contribution in [2.75, 3.05) is 4.90 Å². The second kappa shape index (κ2) is 13.1. The number of aromatic nitrogens is 3. The first kappa shape index (κ1) is 35.4. The van der Waals surface area contributed by atoms with Crippen molar-refractivity contribution in [1.29, 1.82) is 5.26 Å². The lowest BCUT2D eigenvalue weighted by atomic mass is 9.91. The van der Waals surface area contributed by atoms with Gasteiger partial charge in [-0.2, -0.15) is 5.26 Å². The number of carbonyl (C=O) groups excluding carboxylic acids is 3. The van der Waals surface area contributed by atoms with Crippen molar-refractivity contribution in [3.8, 4) is 17.2 Å². The van der Waals surface area contributed by atoms with Crippen LogP contribution < -0.4 is 15.5 Å². The van der Waals surface area contributed by atoms with Crippen molar-refractivity contribution in [3.05, 3.63) is 129 Å². The van der Waals surface area contributed by atoms with Crippen LogP contribution in [0.3, 0.4) is 0 Å². The number of imidazole rings is 1. The van der Waals surface area contributed by atoms with Crippen LogP contribution in [0.1, 0.15) is 65.5 Å². The molecular weight excluding hydrogens is 732 g/mol. The highest BCUT2D eigenvalue weighted by Gasteiger charge is 2.57. The number of halogens is 3. The molecule has 2 fully saturated rings. The van der Waals surface area contributed by atoms with Gasteiger partial charge < -0.3 is 15.7 Å². The number of fused-ring (bicyclic) bond motifs is 1. The van der Waals surface area contributed by atoms with Crippen LogP contribution in [0.25, 0.3) is 11.1 Å². The summed E-state index contributed by atoms with van der Waals surface area (Å²) in [5.74, 6) is -2.15. The zero-order valence-electron chi connectivity index (χ0n) is 28.9. The summed E-state index contributed by atoms with van der Waals surface area (Å²) in [6.07, 6.45) is 5.42. The van der Waals surface area contributed by atoms with E-state index in [2.05, 4.69) is 21.7 Å². The second-order valence-corrected chi connectivity index (χ2v) is 15.1. The molecule has 11 nitrogen and oxygen atoms in total. The van der Waals surface area contributed by atoms with E-state index < -0.39 is 34.2 Å². The van der Waals surface area contributed by atoms with Crippen LogP contribution in [-0.2, 0) is 33.7 Å². The fourth-order valence-electron chi connectivity index (χ4n) is 7.10. The van der Waals surface area contributed by atoms with Crippen molar-refractivity contribution in [2.45, 2.75) is 62.3 Å². The van der Waals surface area contributed by atoms with Crippen molar-refractivity contribution in [1.82, 2.24) is 25.2 Å². The molecule has 3 N–H and O–H groups in total. The molecule has 0 spiro atoms.